The summed E-state index contributed by atoms with van der Waals surface area (Å²) in [6.07, 6.45) is 1.57. The topological polar surface area (TPSA) is 158 Å². The van der Waals surface area contributed by atoms with Gasteiger partial charge < -0.3 is 4.74 Å². The number of aryl methyl sites for hydroxylation is 1. The zero-order valence-corrected chi connectivity index (χ0v) is 23.9. The van der Waals surface area contributed by atoms with E-state index in [1.165, 1.54) is 16.4 Å². The van der Waals surface area contributed by atoms with Gasteiger partial charge in [-0.05, 0) is 49.7 Å². The Morgan fingerprint density at radius 2 is 1.77 bits per heavy atom. The van der Waals surface area contributed by atoms with Crippen LogP contribution < -0.4 is 14.9 Å². The molecule has 2 heterocycles. The van der Waals surface area contributed by atoms with E-state index in [0.29, 0.717) is 25.3 Å². The number of aromatic nitrogens is 1. The summed E-state index contributed by atoms with van der Waals surface area (Å²) in [7, 11) is -7.40. The van der Waals surface area contributed by atoms with Gasteiger partial charge in [0.25, 0.3) is 5.91 Å². The Hall–Kier alpha value is -3.14. The molecular formula is C26H33N5O7S2. The van der Waals surface area contributed by atoms with Crippen LogP contribution in [0.5, 0.6) is 5.75 Å². The summed E-state index contributed by atoms with van der Waals surface area (Å²) in [6, 6.07) is 14.6. The van der Waals surface area contributed by atoms with Crippen molar-refractivity contribution in [2.75, 3.05) is 39.0 Å². The number of carbonyl (C=O) groups is 1. The molecule has 1 atom stereocenters. The van der Waals surface area contributed by atoms with Gasteiger partial charge in [0.15, 0.2) is 0 Å². The van der Waals surface area contributed by atoms with Crippen molar-refractivity contribution in [3.8, 4) is 5.75 Å². The van der Waals surface area contributed by atoms with E-state index in [9.17, 15) is 26.8 Å². The number of nitrogens with zero attached hydrogens (tertiary/aromatic N) is 3. The van der Waals surface area contributed by atoms with Crippen LogP contribution in [0.15, 0.2) is 59.5 Å². The Balaban J connectivity index is 1.40. The zero-order valence-electron chi connectivity index (χ0n) is 22.3. The van der Waals surface area contributed by atoms with E-state index in [2.05, 4.69) is 9.71 Å². The minimum absolute atomic E-state index is 0.0210. The van der Waals surface area contributed by atoms with Gasteiger partial charge in [-0.1, -0.05) is 18.2 Å². The molecule has 1 amide bonds. The van der Waals surface area contributed by atoms with E-state index in [1.54, 1.807) is 22.5 Å². The Bertz CT molecular complexity index is 1560. The second-order valence-electron chi connectivity index (χ2n) is 9.60. The number of benzene rings is 2. The summed E-state index contributed by atoms with van der Waals surface area (Å²) in [5.41, 5.74) is 4.28. The van der Waals surface area contributed by atoms with Crippen LogP contribution in [0.3, 0.4) is 0 Å². The summed E-state index contributed by atoms with van der Waals surface area (Å²) >= 11 is 0. The predicted octanol–water partition coefficient (Wildman–Crippen LogP) is 1.24. The fraction of sp³-hybridized carbons (Fsp3) is 0.385. The van der Waals surface area contributed by atoms with Crippen LogP contribution in [-0.2, 0) is 31.4 Å². The Morgan fingerprint density at radius 3 is 2.48 bits per heavy atom. The second-order valence-corrected chi connectivity index (χ2v) is 13.3. The normalized spacial score (nSPS) is 16.4. The molecule has 3 aromatic rings. The molecule has 0 radical (unpaired) electrons. The lowest BCUT2D eigenvalue weighted by Gasteiger charge is -2.29. The van der Waals surface area contributed by atoms with Crippen LogP contribution in [0.4, 0.5) is 0 Å². The van der Waals surface area contributed by atoms with E-state index >= 15 is 0 Å². The fourth-order valence-electron chi connectivity index (χ4n) is 4.68. The highest BCUT2D eigenvalue weighted by Gasteiger charge is 2.31. The third-order valence-corrected chi connectivity index (χ3v) is 9.48. The molecule has 0 saturated carbocycles. The van der Waals surface area contributed by atoms with Crippen molar-refractivity contribution in [2.24, 2.45) is 0 Å². The molecule has 40 heavy (non-hydrogen) atoms. The quantitative estimate of drug-likeness (QED) is 0.233. The molecule has 1 aliphatic rings. The highest BCUT2D eigenvalue weighted by Crippen LogP contribution is 2.22. The smallest absolute Gasteiger partial charge is 0.262 e. The molecule has 216 valence electrons. The van der Waals surface area contributed by atoms with E-state index in [4.69, 9.17) is 4.74 Å². The number of hydroxylamine groups is 1. The van der Waals surface area contributed by atoms with E-state index < -0.39 is 32.0 Å². The molecule has 12 nitrogen and oxygen atoms in total. The largest absolute Gasteiger partial charge is 0.489 e. The van der Waals surface area contributed by atoms with Crippen molar-refractivity contribution in [1.29, 1.82) is 0 Å². The lowest BCUT2D eigenvalue weighted by molar-refractivity contribution is -0.134. The number of pyridine rings is 1. The molecule has 0 spiro atoms. The molecule has 2 aromatic carbocycles. The van der Waals surface area contributed by atoms with E-state index in [0.717, 1.165) is 28.4 Å². The van der Waals surface area contributed by atoms with Crippen molar-refractivity contribution in [2.45, 2.75) is 30.9 Å². The Morgan fingerprint density at radius 1 is 1.05 bits per heavy atom. The van der Waals surface area contributed by atoms with Crippen molar-refractivity contribution < 1.29 is 31.6 Å². The van der Waals surface area contributed by atoms with Gasteiger partial charge in [-0.3, -0.25) is 19.9 Å². The van der Waals surface area contributed by atoms with Gasteiger partial charge in [0.05, 0.1) is 16.7 Å². The van der Waals surface area contributed by atoms with Gasteiger partial charge in [-0.25, -0.2) is 31.3 Å². The summed E-state index contributed by atoms with van der Waals surface area (Å²) in [6.45, 7) is 2.86. The van der Waals surface area contributed by atoms with Gasteiger partial charge in [0, 0.05) is 49.4 Å². The molecule has 0 aliphatic carbocycles. The minimum atomic E-state index is -4.01. The maximum absolute atomic E-state index is 13.0. The SMILES string of the molecule is Cc1cc(COc2ccc(S(=O)(=O)NC[C@@H](C(=O)NO)N3CCCN(S(C)(=O)=O)CC3)cc2)c2ccccc2n1. The standard InChI is InChI=1S/C26H33N5O7S2/c1-19-16-20(23-6-3-4-7-24(23)28-19)18-38-21-8-10-22(11-9-21)40(36,37)27-17-25(26(32)29-33)30-12-5-13-31(15-14-30)39(2,34)35/h3-4,6-11,16,25,27,33H,5,12-15,17-18H2,1-2H3,(H,29,32)/t25-/m0/s1. The maximum Gasteiger partial charge on any atom is 0.262 e. The summed E-state index contributed by atoms with van der Waals surface area (Å²) < 4.78 is 59.5. The molecular weight excluding hydrogens is 558 g/mol. The number of carbonyl (C=O) groups excluding carboxylic acids is 1. The number of rotatable bonds is 10. The van der Waals surface area contributed by atoms with Crippen molar-refractivity contribution in [3.05, 3.63) is 65.9 Å². The Labute approximate surface area is 234 Å². The van der Waals surface area contributed by atoms with Crippen molar-refractivity contribution in [1.82, 2.24) is 24.4 Å². The van der Waals surface area contributed by atoms with Crippen LogP contribution in [0.25, 0.3) is 10.9 Å². The van der Waals surface area contributed by atoms with Gasteiger partial charge >= 0.3 is 0 Å². The Kier molecular flexibility index (Phi) is 9.38. The lowest BCUT2D eigenvalue weighted by Crippen LogP contribution is -2.53. The third-order valence-electron chi connectivity index (χ3n) is 6.74. The summed E-state index contributed by atoms with van der Waals surface area (Å²) in [4.78, 5) is 18.6. The number of nitrogens with one attached hydrogen (secondary N) is 2. The van der Waals surface area contributed by atoms with Crippen LogP contribution in [0.1, 0.15) is 17.7 Å². The van der Waals surface area contributed by atoms with Gasteiger partial charge in [0.1, 0.15) is 18.4 Å². The lowest BCUT2D eigenvalue weighted by atomic mass is 10.1. The van der Waals surface area contributed by atoms with Gasteiger partial charge in [0.2, 0.25) is 20.0 Å². The minimum Gasteiger partial charge on any atom is -0.489 e. The number of hydrogen-bond donors (Lipinski definition) is 3. The summed E-state index contributed by atoms with van der Waals surface area (Å²) in [5.74, 6) is -0.312. The van der Waals surface area contributed by atoms with E-state index in [-0.39, 0.29) is 31.1 Å². The predicted molar refractivity (Wildman–Crippen MR) is 149 cm³/mol. The first-order valence-electron chi connectivity index (χ1n) is 12.7. The second kappa shape index (κ2) is 12.6. The highest BCUT2D eigenvalue weighted by atomic mass is 32.2. The fourth-order valence-corrected chi connectivity index (χ4v) is 6.59. The van der Waals surface area contributed by atoms with Gasteiger partial charge in [-0.2, -0.15) is 0 Å². The molecule has 1 fully saturated rings. The molecule has 0 bridgehead atoms. The number of hydrogen-bond acceptors (Lipinski definition) is 9. The zero-order chi connectivity index (χ0) is 28.9. The number of ether oxygens (including phenoxy) is 1. The number of amides is 1. The van der Waals surface area contributed by atoms with Crippen molar-refractivity contribution in [3.63, 3.8) is 0 Å². The number of sulfonamides is 2. The van der Waals surface area contributed by atoms with Gasteiger partial charge in [-0.15, -0.1) is 0 Å². The van der Waals surface area contributed by atoms with Crippen LogP contribution in [0, 0.1) is 6.92 Å². The first-order chi connectivity index (χ1) is 19.0. The van der Waals surface area contributed by atoms with Crippen molar-refractivity contribution >= 4 is 36.9 Å². The van der Waals surface area contributed by atoms with Crippen LogP contribution >= 0.6 is 0 Å². The third kappa shape index (κ3) is 7.33. The molecule has 4 rings (SSSR count). The first kappa shape index (κ1) is 29.8. The maximum atomic E-state index is 13.0. The average molecular weight is 592 g/mol. The number of fused-ring (bicyclic) bond motifs is 1. The molecule has 3 N–H and O–H groups in total. The first-order valence-corrected chi connectivity index (χ1v) is 16.0. The molecule has 0 unspecified atom stereocenters. The summed E-state index contributed by atoms with van der Waals surface area (Å²) in [5, 5.41) is 10.2. The molecule has 1 saturated heterocycles. The van der Waals surface area contributed by atoms with Crippen LogP contribution in [0.2, 0.25) is 0 Å². The molecule has 14 heteroatoms. The monoisotopic (exact) mass is 591 g/mol. The van der Waals surface area contributed by atoms with Crippen LogP contribution in [-0.4, -0.2) is 87.2 Å². The average Bonchev–Trinajstić information content (AvgIpc) is 3.18. The van der Waals surface area contributed by atoms with E-state index in [1.807, 2.05) is 37.3 Å². The molecule has 1 aliphatic heterocycles. The molecule has 1 aromatic heterocycles. The highest BCUT2D eigenvalue weighted by molar-refractivity contribution is 7.89. The number of para-hydroxylation sites is 1.